The first kappa shape index (κ1) is 25.1. The molecule has 1 N–H and O–H groups in total. The van der Waals surface area contributed by atoms with E-state index in [0.29, 0.717) is 54.0 Å². The van der Waals surface area contributed by atoms with Crippen LogP contribution in [0, 0.1) is 5.41 Å². The first-order valence-electron chi connectivity index (χ1n) is 12.2. The van der Waals surface area contributed by atoms with Crippen LogP contribution in [0.1, 0.15) is 36.8 Å². The van der Waals surface area contributed by atoms with E-state index in [4.69, 9.17) is 28.1 Å². The normalized spacial score (nSPS) is 15.6. The number of hydrogen-bond acceptors (Lipinski definition) is 7. The third kappa shape index (κ3) is 5.16. The molecule has 1 aromatic heterocycles. The van der Waals surface area contributed by atoms with Crippen molar-refractivity contribution < 1.29 is 33.2 Å². The van der Waals surface area contributed by atoms with Crippen molar-refractivity contribution in [2.45, 2.75) is 33.4 Å². The lowest BCUT2D eigenvalue weighted by molar-refractivity contribution is -0.226. The molecule has 0 spiro atoms. The highest BCUT2D eigenvalue weighted by atomic mass is 16.7. The number of ether oxygens (including phenoxy) is 5. The van der Waals surface area contributed by atoms with Crippen molar-refractivity contribution in [3.8, 4) is 28.6 Å². The summed E-state index contributed by atoms with van der Waals surface area (Å²) in [5.74, 6) is 2.26. The Labute approximate surface area is 216 Å². The lowest BCUT2D eigenvalue weighted by Crippen LogP contribution is -2.33. The van der Waals surface area contributed by atoms with Gasteiger partial charge in [0.25, 0.3) is 0 Å². The predicted molar refractivity (Wildman–Crippen MR) is 140 cm³/mol. The van der Waals surface area contributed by atoms with E-state index in [1.54, 1.807) is 14.2 Å². The lowest BCUT2D eigenvalue weighted by atomic mass is 9.95. The van der Waals surface area contributed by atoms with Crippen molar-refractivity contribution in [3.63, 3.8) is 0 Å². The summed E-state index contributed by atoms with van der Waals surface area (Å²) in [4.78, 5) is 0. The second-order valence-corrected chi connectivity index (χ2v) is 9.93. The van der Waals surface area contributed by atoms with Gasteiger partial charge in [-0.15, -0.1) is 0 Å². The molecule has 0 radical (unpaired) electrons. The van der Waals surface area contributed by atoms with E-state index in [1.165, 1.54) is 0 Å². The molecule has 4 aromatic rings. The molecule has 0 unspecified atom stereocenters. The Morgan fingerprint density at radius 1 is 0.892 bits per heavy atom. The highest BCUT2D eigenvalue weighted by molar-refractivity contribution is 5.92. The largest absolute Gasteiger partial charge is 0.493 e. The van der Waals surface area contributed by atoms with Gasteiger partial charge in [-0.3, -0.25) is 0 Å². The molecule has 2 heterocycles. The summed E-state index contributed by atoms with van der Waals surface area (Å²) >= 11 is 0. The third-order valence-corrected chi connectivity index (χ3v) is 6.44. The maximum Gasteiger partial charge on any atom is 0.184 e. The third-order valence-electron chi connectivity index (χ3n) is 6.44. The zero-order valence-electron chi connectivity index (χ0n) is 21.6. The number of methoxy groups -OCH3 is 2. The Morgan fingerprint density at radius 2 is 1.62 bits per heavy atom. The van der Waals surface area contributed by atoms with Crippen LogP contribution in [0.15, 0.2) is 65.1 Å². The molecule has 0 aliphatic carbocycles. The monoisotopic (exact) mass is 504 g/mol. The number of fused-ring (bicyclic) bond motifs is 1. The first-order chi connectivity index (χ1) is 17.9. The first-order valence-corrected chi connectivity index (χ1v) is 12.2. The molecule has 7 nitrogen and oxygen atoms in total. The number of rotatable bonds is 8. The molecule has 1 saturated heterocycles. The Hall–Kier alpha value is -3.52. The van der Waals surface area contributed by atoms with Crippen molar-refractivity contribution in [1.82, 2.24) is 0 Å². The van der Waals surface area contributed by atoms with Crippen LogP contribution < -0.4 is 14.2 Å². The number of hydrogen-bond donors (Lipinski definition) is 1. The Bertz CT molecular complexity index is 1360. The van der Waals surface area contributed by atoms with Gasteiger partial charge < -0.3 is 33.2 Å². The second kappa shape index (κ2) is 10.5. The topological polar surface area (TPSA) is 79.5 Å². The summed E-state index contributed by atoms with van der Waals surface area (Å²) < 4.78 is 35.5. The lowest BCUT2D eigenvalue weighted by Gasteiger charge is -2.34. The molecule has 7 heteroatoms. The maximum absolute atomic E-state index is 10.4. The van der Waals surface area contributed by atoms with Gasteiger partial charge in [-0.1, -0.05) is 44.2 Å². The SMILES string of the molecule is COc1cc(-c2oc3c(OC)cc(C4OCC(C)(C)CO4)cc3c2CO)ccc1OCc1ccccc1. The van der Waals surface area contributed by atoms with Crippen molar-refractivity contribution >= 4 is 11.0 Å². The quantitative estimate of drug-likeness (QED) is 0.303. The minimum Gasteiger partial charge on any atom is -0.493 e. The average Bonchev–Trinajstić information content (AvgIpc) is 3.30. The fourth-order valence-corrected chi connectivity index (χ4v) is 4.46. The van der Waals surface area contributed by atoms with Crippen molar-refractivity contribution in [1.29, 1.82) is 0 Å². The number of aliphatic hydroxyl groups is 1. The zero-order valence-corrected chi connectivity index (χ0v) is 21.6. The van der Waals surface area contributed by atoms with E-state index in [2.05, 4.69) is 13.8 Å². The van der Waals surface area contributed by atoms with Crippen LogP contribution >= 0.6 is 0 Å². The standard InChI is InChI=1S/C30H32O7/c1-30(2)17-35-29(36-18-30)21-12-22-23(15-31)27(37-28(22)26(14-21)33-4)20-10-11-24(25(13-20)32-3)34-16-19-8-6-5-7-9-19/h5-14,29,31H,15-18H2,1-4H3. The molecule has 0 atom stereocenters. The molecule has 3 aromatic carbocycles. The van der Waals surface area contributed by atoms with Crippen LogP contribution in [0.3, 0.4) is 0 Å². The highest BCUT2D eigenvalue weighted by Crippen LogP contribution is 2.43. The fraction of sp³-hybridized carbons (Fsp3) is 0.333. The van der Waals surface area contributed by atoms with Gasteiger partial charge in [-0.2, -0.15) is 0 Å². The van der Waals surface area contributed by atoms with Gasteiger partial charge in [0.05, 0.1) is 34.0 Å². The van der Waals surface area contributed by atoms with Crippen LogP contribution in [0.5, 0.6) is 17.2 Å². The number of aliphatic hydroxyl groups excluding tert-OH is 1. The highest BCUT2D eigenvalue weighted by Gasteiger charge is 2.31. The smallest absolute Gasteiger partial charge is 0.184 e. The maximum atomic E-state index is 10.4. The molecule has 0 bridgehead atoms. The van der Waals surface area contributed by atoms with E-state index < -0.39 is 6.29 Å². The molecular formula is C30H32O7. The van der Waals surface area contributed by atoms with Gasteiger partial charge in [-0.25, -0.2) is 0 Å². The molecule has 1 aliphatic heterocycles. The van der Waals surface area contributed by atoms with Crippen LogP contribution in [-0.2, 0) is 22.7 Å². The van der Waals surface area contributed by atoms with Crippen LogP contribution in [0.4, 0.5) is 0 Å². The van der Waals surface area contributed by atoms with E-state index in [9.17, 15) is 5.11 Å². The average molecular weight is 505 g/mol. The summed E-state index contributed by atoms with van der Waals surface area (Å²) in [5, 5.41) is 11.1. The van der Waals surface area contributed by atoms with Gasteiger partial charge >= 0.3 is 0 Å². The van der Waals surface area contributed by atoms with Gasteiger partial charge in [-0.05, 0) is 35.9 Å². The minimum absolute atomic E-state index is 0.0419. The van der Waals surface area contributed by atoms with Gasteiger partial charge in [0.1, 0.15) is 12.4 Å². The fourth-order valence-electron chi connectivity index (χ4n) is 4.46. The summed E-state index contributed by atoms with van der Waals surface area (Å²) in [5.41, 5.74) is 3.77. The summed E-state index contributed by atoms with van der Waals surface area (Å²) in [6, 6.07) is 19.3. The summed E-state index contributed by atoms with van der Waals surface area (Å²) in [7, 11) is 3.19. The van der Waals surface area contributed by atoms with E-state index in [-0.39, 0.29) is 12.0 Å². The summed E-state index contributed by atoms with van der Waals surface area (Å²) in [6.45, 7) is 5.57. The molecule has 1 fully saturated rings. The Balaban J connectivity index is 1.50. The molecular weight excluding hydrogens is 472 g/mol. The molecule has 0 amide bonds. The van der Waals surface area contributed by atoms with Crippen molar-refractivity contribution in [2.75, 3.05) is 27.4 Å². The van der Waals surface area contributed by atoms with Crippen LogP contribution in [0.2, 0.25) is 0 Å². The van der Waals surface area contributed by atoms with Crippen molar-refractivity contribution in [3.05, 3.63) is 77.4 Å². The molecule has 1 aliphatic rings. The molecule has 5 rings (SSSR count). The van der Waals surface area contributed by atoms with Gasteiger partial charge in [0.15, 0.2) is 29.1 Å². The van der Waals surface area contributed by atoms with Gasteiger partial charge in [0.2, 0.25) is 0 Å². The molecule has 0 saturated carbocycles. The number of benzene rings is 3. The Morgan fingerprint density at radius 3 is 2.30 bits per heavy atom. The van der Waals surface area contributed by atoms with Crippen molar-refractivity contribution in [2.24, 2.45) is 5.41 Å². The second-order valence-electron chi connectivity index (χ2n) is 9.93. The van der Waals surface area contributed by atoms with Gasteiger partial charge in [0, 0.05) is 27.5 Å². The Kier molecular flexibility index (Phi) is 7.11. The van der Waals surface area contributed by atoms with E-state index in [1.807, 2.05) is 60.7 Å². The summed E-state index contributed by atoms with van der Waals surface area (Å²) in [6.07, 6.45) is -0.516. The minimum atomic E-state index is -0.516. The van der Waals surface area contributed by atoms with Crippen LogP contribution in [-0.4, -0.2) is 32.5 Å². The predicted octanol–water partition coefficient (Wildman–Crippen LogP) is 6.26. The number of furan rings is 1. The van der Waals surface area contributed by atoms with E-state index >= 15 is 0 Å². The van der Waals surface area contributed by atoms with Crippen LogP contribution in [0.25, 0.3) is 22.3 Å². The van der Waals surface area contributed by atoms with E-state index in [0.717, 1.165) is 22.1 Å². The molecule has 194 valence electrons. The zero-order chi connectivity index (χ0) is 26.0. The molecule has 37 heavy (non-hydrogen) atoms.